The fourth-order valence-electron chi connectivity index (χ4n) is 2.61. The molecule has 0 spiro atoms. The van der Waals surface area contributed by atoms with Crippen molar-refractivity contribution in [1.29, 1.82) is 0 Å². The lowest BCUT2D eigenvalue weighted by molar-refractivity contribution is 0.539. The second kappa shape index (κ2) is 6.58. The first-order chi connectivity index (χ1) is 9.93. The van der Waals surface area contributed by atoms with Crippen LogP contribution in [0.1, 0.15) is 23.9 Å². The third-order valence-electron chi connectivity index (χ3n) is 3.69. The summed E-state index contributed by atoms with van der Waals surface area (Å²) in [5.74, 6) is 0.0961. The summed E-state index contributed by atoms with van der Waals surface area (Å²) in [4.78, 5) is 0. The van der Waals surface area contributed by atoms with Crippen LogP contribution in [0.3, 0.4) is 0 Å². The molecule has 0 aliphatic carbocycles. The van der Waals surface area contributed by atoms with Crippen molar-refractivity contribution >= 4 is 11.6 Å². The topological polar surface area (TPSA) is 29.9 Å². The van der Waals surface area contributed by atoms with Crippen molar-refractivity contribution in [2.45, 2.75) is 27.2 Å². The van der Waals surface area contributed by atoms with Gasteiger partial charge in [-0.2, -0.15) is 5.10 Å². The normalized spacial score (nSPS) is 12.7. The van der Waals surface area contributed by atoms with Gasteiger partial charge < -0.3 is 5.32 Å². The molecule has 114 valence electrons. The first kappa shape index (κ1) is 16.0. The molecule has 2 rings (SSSR count). The molecule has 0 fully saturated rings. The van der Waals surface area contributed by atoms with Gasteiger partial charge in [-0.25, -0.2) is 9.07 Å². The summed E-state index contributed by atoms with van der Waals surface area (Å²) in [5.41, 5.74) is 3.97. The molecule has 0 aliphatic heterocycles. The maximum Gasteiger partial charge on any atom is 0.143 e. The minimum atomic E-state index is -0.424. The largest absolute Gasteiger partial charge is 0.319 e. The van der Waals surface area contributed by atoms with Crippen molar-refractivity contribution in [3.63, 3.8) is 0 Å². The van der Waals surface area contributed by atoms with E-state index >= 15 is 0 Å². The van der Waals surface area contributed by atoms with E-state index in [4.69, 9.17) is 11.6 Å². The Morgan fingerprint density at radius 2 is 2.10 bits per heavy atom. The van der Waals surface area contributed by atoms with Gasteiger partial charge in [0.2, 0.25) is 0 Å². The van der Waals surface area contributed by atoms with Gasteiger partial charge >= 0.3 is 0 Å². The third kappa shape index (κ3) is 3.44. The van der Waals surface area contributed by atoms with Crippen LogP contribution in [0.5, 0.6) is 0 Å². The maximum atomic E-state index is 13.6. The minimum absolute atomic E-state index is 0.128. The van der Waals surface area contributed by atoms with E-state index in [9.17, 15) is 4.39 Å². The van der Waals surface area contributed by atoms with Gasteiger partial charge in [-0.1, -0.05) is 18.5 Å². The highest BCUT2D eigenvalue weighted by Crippen LogP contribution is 2.23. The van der Waals surface area contributed by atoms with Crippen molar-refractivity contribution in [2.24, 2.45) is 5.92 Å². The highest BCUT2D eigenvalue weighted by Gasteiger charge is 2.16. The Balaban J connectivity index is 2.36. The van der Waals surface area contributed by atoms with E-state index in [1.54, 1.807) is 16.8 Å². The van der Waals surface area contributed by atoms with Gasteiger partial charge in [0.05, 0.1) is 16.4 Å². The first-order valence-electron chi connectivity index (χ1n) is 7.09. The molecule has 0 saturated carbocycles. The average molecular weight is 310 g/mol. The Labute approximate surface area is 130 Å². The van der Waals surface area contributed by atoms with E-state index in [0.29, 0.717) is 11.6 Å². The molecule has 2 aromatic rings. The molecular weight excluding hydrogens is 289 g/mol. The molecule has 0 amide bonds. The highest BCUT2D eigenvalue weighted by molar-refractivity contribution is 6.30. The fraction of sp³-hybridized carbons (Fsp3) is 0.438. The average Bonchev–Trinajstić information content (AvgIpc) is 2.70. The standard InChI is InChI=1S/C16H21ClFN3/c1-10(9-19-4)7-14-11(2)20-21(12(14)3)13-5-6-15(17)16(18)8-13/h5-6,8,10,19H,7,9H2,1-4H3. The molecule has 1 aromatic carbocycles. The highest BCUT2D eigenvalue weighted by atomic mass is 35.5. The summed E-state index contributed by atoms with van der Waals surface area (Å²) < 4.78 is 15.4. The molecule has 1 N–H and O–H groups in total. The van der Waals surface area contributed by atoms with E-state index in [2.05, 4.69) is 17.3 Å². The van der Waals surface area contributed by atoms with Gasteiger partial charge in [-0.3, -0.25) is 0 Å². The van der Waals surface area contributed by atoms with Crippen molar-refractivity contribution in [3.05, 3.63) is 46.0 Å². The lowest BCUT2D eigenvalue weighted by atomic mass is 9.99. The zero-order valence-corrected chi connectivity index (χ0v) is 13.6. The van der Waals surface area contributed by atoms with Crippen LogP contribution in [-0.4, -0.2) is 23.4 Å². The molecule has 3 nitrogen and oxygen atoms in total. The number of nitrogens with zero attached hydrogens (tertiary/aromatic N) is 2. The molecule has 1 unspecified atom stereocenters. The lowest BCUT2D eigenvalue weighted by Crippen LogP contribution is -2.18. The van der Waals surface area contributed by atoms with Crippen molar-refractivity contribution < 1.29 is 4.39 Å². The van der Waals surface area contributed by atoms with Gasteiger partial charge in [0.25, 0.3) is 0 Å². The summed E-state index contributed by atoms with van der Waals surface area (Å²) in [7, 11) is 1.95. The molecule has 1 atom stereocenters. The quantitative estimate of drug-likeness (QED) is 0.913. The van der Waals surface area contributed by atoms with Gasteiger partial charge in [-0.15, -0.1) is 0 Å². The SMILES string of the molecule is CNCC(C)Cc1c(C)nn(-c2ccc(Cl)c(F)c2)c1C. The number of hydrogen-bond donors (Lipinski definition) is 1. The molecule has 1 heterocycles. The molecule has 0 radical (unpaired) electrons. The van der Waals surface area contributed by atoms with Crippen molar-refractivity contribution in [2.75, 3.05) is 13.6 Å². The predicted molar refractivity (Wildman–Crippen MR) is 84.8 cm³/mol. The van der Waals surface area contributed by atoms with Gasteiger partial charge in [-0.05, 0) is 57.5 Å². The summed E-state index contributed by atoms with van der Waals surface area (Å²) in [6, 6.07) is 4.76. The Morgan fingerprint density at radius 3 is 2.71 bits per heavy atom. The Kier molecular flexibility index (Phi) is 5.01. The van der Waals surface area contributed by atoms with E-state index in [-0.39, 0.29) is 5.02 Å². The number of aryl methyl sites for hydroxylation is 1. The third-order valence-corrected chi connectivity index (χ3v) is 4.00. The molecule has 0 saturated heterocycles. The summed E-state index contributed by atoms with van der Waals surface area (Å²) >= 11 is 5.74. The van der Waals surface area contributed by atoms with Gasteiger partial charge in [0.15, 0.2) is 0 Å². The Hall–Kier alpha value is -1.39. The van der Waals surface area contributed by atoms with Crippen molar-refractivity contribution in [3.8, 4) is 5.69 Å². The molecular formula is C16H21ClFN3. The first-order valence-corrected chi connectivity index (χ1v) is 7.47. The van der Waals surface area contributed by atoms with E-state index < -0.39 is 5.82 Å². The molecule has 1 aromatic heterocycles. The van der Waals surface area contributed by atoms with Crippen LogP contribution in [0.4, 0.5) is 4.39 Å². The zero-order chi connectivity index (χ0) is 15.6. The number of benzene rings is 1. The number of hydrogen-bond acceptors (Lipinski definition) is 2. The molecule has 0 bridgehead atoms. The smallest absolute Gasteiger partial charge is 0.143 e. The second-order valence-electron chi connectivity index (χ2n) is 5.53. The minimum Gasteiger partial charge on any atom is -0.319 e. The van der Waals surface area contributed by atoms with Gasteiger partial charge in [0, 0.05) is 11.8 Å². The number of halogens is 2. The number of rotatable bonds is 5. The summed E-state index contributed by atoms with van der Waals surface area (Å²) in [6.07, 6.45) is 0.953. The van der Waals surface area contributed by atoms with Crippen molar-refractivity contribution in [1.82, 2.24) is 15.1 Å². The molecule has 0 aliphatic rings. The van der Waals surface area contributed by atoms with Gasteiger partial charge in [0.1, 0.15) is 5.82 Å². The van der Waals surface area contributed by atoms with E-state index in [1.165, 1.54) is 11.6 Å². The fourth-order valence-corrected chi connectivity index (χ4v) is 2.73. The van der Waals surface area contributed by atoms with Crippen LogP contribution in [0.25, 0.3) is 5.69 Å². The van der Waals surface area contributed by atoms with Crippen LogP contribution in [-0.2, 0) is 6.42 Å². The van der Waals surface area contributed by atoms with Crippen LogP contribution in [0.15, 0.2) is 18.2 Å². The van der Waals surface area contributed by atoms with Crippen LogP contribution < -0.4 is 5.32 Å². The maximum absolute atomic E-state index is 13.6. The number of aromatic nitrogens is 2. The van der Waals surface area contributed by atoms with E-state index in [1.807, 2.05) is 20.9 Å². The van der Waals surface area contributed by atoms with Crippen LogP contribution in [0, 0.1) is 25.6 Å². The van der Waals surface area contributed by atoms with E-state index in [0.717, 1.165) is 24.4 Å². The lowest BCUT2D eigenvalue weighted by Gasteiger charge is -2.11. The molecule has 5 heteroatoms. The predicted octanol–water partition coefficient (Wildman–Crippen LogP) is 3.68. The Bertz CT molecular complexity index is 637. The summed E-state index contributed by atoms with van der Waals surface area (Å²) in [6.45, 7) is 7.18. The number of nitrogens with one attached hydrogen (secondary N) is 1. The summed E-state index contributed by atoms with van der Waals surface area (Å²) in [5, 5.41) is 7.87. The monoisotopic (exact) mass is 309 g/mol. The second-order valence-corrected chi connectivity index (χ2v) is 5.93. The zero-order valence-electron chi connectivity index (χ0n) is 12.9. The Morgan fingerprint density at radius 1 is 1.38 bits per heavy atom. The molecule has 21 heavy (non-hydrogen) atoms. The van der Waals surface area contributed by atoms with Crippen LogP contribution >= 0.6 is 11.6 Å². The van der Waals surface area contributed by atoms with Crippen LogP contribution in [0.2, 0.25) is 5.02 Å².